The quantitative estimate of drug-likeness (QED) is 0.846. The van der Waals surface area contributed by atoms with E-state index in [0.717, 1.165) is 18.7 Å². The fourth-order valence-corrected chi connectivity index (χ4v) is 2.45. The Morgan fingerprint density at radius 2 is 2.10 bits per heavy atom. The van der Waals surface area contributed by atoms with Crippen molar-refractivity contribution in [2.24, 2.45) is 0 Å². The summed E-state index contributed by atoms with van der Waals surface area (Å²) in [5.74, 6) is 0.150. The molecule has 3 rings (SSSR count). The minimum absolute atomic E-state index is 0.265. The Morgan fingerprint density at radius 3 is 2.90 bits per heavy atom. The fourth-order valence-electron chi connectivity index (χ4n) is 2.45. The Balaban J connectivity index is 2.05. The Bertz CT molecular complexity index is 670. The lowest BCUT2D eigenvalue weighted by Gasteiger charge is -2.20. The number of carbonyl (C=O) groups is 1. The van der Waals surface area contributed by atoms with E-state index in [2.05, 4.69) is 11.1 Å². The van der Waals surface area contributed by atoms with Crippen LogP contribution in [0.5, 0.6) is 0 Å². The summed E-state index contributed by atoms with van der Waals surface area (Å²) in [5, 5.41) is 0. The molecule has 0 saturated heterocycles. The number of methoxy groups -OCH3 is 1. The van der Waals surface area contributed by atoms with Gasteiger partial charge < -0.3 is 15.4 Å². The Hall–Kier alpha value is -2.56. The van der Waals surface area contributed by atoms with Crippen molar-refractivity contribution in [2.75, 3.05) is 24.3 Å². The molecule has 1 aromatic heterocycles. The minimum Gasteiger partial charge on any atom is -0.464 e. The number of nitrogens with zero attached hydrogens (tertiary/aromatic N) is 2. The Morgan fingerprint density at radius 1 is 1.30 bits per heavy atom. The predicted molar refractivity (Wildman–Crippen MR) is 77.1 cm³/mol. The summed E-state index contributed by atoms with van der Waals surface area (Å²) < 4.78 is 4.70. The molecule has 20 heavy (non-hydrogen) atoms. The number of nitrogens with two attached hydrogens (primary N) is 1. The zero-order chi connectivity index (χ0) is 14.1. The number of pyridine rings is 1. The van der Waals surface area contributed by atoms with Crippen LogP contribution >= 0.6 is 0 Å². The topological polar surface area (TPSA) is 68.5 Å². The first-order valence-corrected chi connectivity index (χ1v) is 6.41. The number of aromatic nitrogens is 1. The molecule has 1 aromatic carbocycles. The highest BCUT2D eigenvalue weighted by atomic mass is 16.5. The molecule has 0 amide bonds. The highest BCUT2D eigenvalue weighted by molar-refractivity contribution is 5.89. The van der Waals surface area contributed by atoms with Gasteiger partial charge in [0.05, 0.1) is 12.8 Å². The molecule has 0 saturated carbocycles. The van der Waals surface area contributed by atoms with Gasteiger partial charge in [-0.15, -0.1) is 0 Å². The third-order valence-electron chi connectivity index (χ3n) is 3.44. The second-order valence-corrected chi connectivity index (χ2v) is 4.63. The summed E-state index contributed by atoms with van der Waals surface area (Å²) in [6.45, 7) is 0.807. The Kier molecular flexibility index (Phi) is 3.02. The molecule has 0 fully saturated rings. The van der Waals surface area contributed by atoms with Crippen LogP contribution in [0.15, 0.2) is 36.4 Å². The SMILES string of the molecule is COC(=O)c1ccc(N)c(N2CCc3ccccc32)n1. The van der Waals surface area contributed by atoms with Crippen LogP contribution in [-0.2, 0) is 11.2 Å². The van der Waals surface area contributed by atoms with E-state index in [9.17, 15) is 4.79 Å². The van der Waals surface area contributed by atoms with Gasteiger partial charge in [-0.05, 0) is 30.2 Å². The van der Waals surface area contributed by atoms with Crippen LogP contribution < -0.4 is 10.6 Å². The number of hydrogen-bond donors (Lipinski definition) is 1. The van der Waals surface area contributed by atoms with Crippen molar-refractivity contribution in [1.29, 1.82) is 0 Å². The maximum Gasteiger partial charge on any atom is 0.356 e. The van der Waals surface area contributed by atoms with E-state index in [-0.39, 0.29) is 5.69 Å². The Labute approximate surface area is 117 Å². The molecule has 0 radical (unpaired) electrons. The number of anilines is 3. The van der Waals surface area contributed by atoms with Gasteiger partial charge in [0.25, 0.3) is 0 Å². The predicted octanol–water partition coefficient (Wildman–Crippen LogP) is 2.14. The zero-order valence-electron chi connectivity index (χ0n) is 11.2. The van der Waals surface area contributed by atoms with Crippen molar-refractivity contribution in [3.8, 4) is 0 Å². The van der Waals surface area contributed by atoms with E-state index in [4.69, 9.17) is 10.5 Å². The molecule has 5 heteroatoms. The van der Waals surface area contributed by atoms with E-state index in [0.29, 0.717) is 11.5 Å². The molecule has 0 spiro atoms. The lowest BCUT2D eigenvalue weighted by atomic mass is 10.2. The number of fused-ring (bicyclic) bond motifs is 1. The first-order chi connectivity index (χ1) is 9.70. The molecule has 1 aliphatic heterocycles. The first-order valence-electron chi connectivity index (χ1n) is 6.41. The van der Waals surface area contributed by atoms with Gasteiger partial charge in [-0.1, -0.05) is 18.2 Å². The lowest BCUT2D eigenvalue weighted by Crippen LogP contribution is -2.18. The van der Waals surface area contributed by atoms with Crippen molar-refractivity contribution in [2.45, 2.75) is 6.42 Å². The van der Waals surface area contributed by atoms with E-state index in [1.54, 1.807) is 12.1 Å². The van der Waals surface area contributed by atoms with Gasteiger partial charge in [-0.2, -0.15) is 0 Å². The van der Waals surface area contributed by atoms with Crippen LogP contribution in [0.4, 0.5) is 17.2 Å². The van der Waals surface area contributed by atoms with Crippen molar-refractivity contribution in [3.63, 3.8) is 0 Å². The van der Waals surface area contributed by atoms with Crippen molar-refractivity contribution < 1.29 is 9.53 Å². The maximum absolute atomic E-state index is 11.6. The van der Waals surface area contributed by atoms with Gasteiger partial charge in [0.15, 0.2) is 11.5 Å². The van der Waals surface area contributed by atoms with E-state index < -0.39 is 5.97 Å². The number of ether oxygens (including phenoxy) is 1. The molecule has 0 unspecified atom stereocenters. The molecule has 1 aliphatic rings. The molecule has 0 aliphatic carbocycles. The molecule has 5 nitrogen and oxygen atoms in total. The second kappa shape index (κ2) is 4.85. The minimum atomic E-state index is -0.460. The normalized spacial score (nSPS) is 13.2. The second-order valence-electron chi connectivity index (χ2n) is 4.63. The maximum atomic E-state index is 11.6. The van der Waals surface area contributed by atoms with Gasteiger partial charge in [0, 0.05) is 12.2 Å². The van der Waals surface area contributed by atoms with Gasteiger partial charge in [0.2, 0.25) is 0 Å². The summed E-state index contributed by atoms with van der Waals surface area (Å²) in [5.41, 5.74) is 9.18. The van der Waals surface area contributed by atoms with Crippen LogP contribution in [0.25, 0.3) is 0 Å². The van der Waals surface area contributed by atoms with E-state index in [1.165, 1.54) is 12.7 Å². The fraction of sp³-hybridized carbons (Fsp3) is 0.200. The molecular weight excluding hydrogens is 254 g/mol. The number of esters is 1. The van der Waals surface area contributed by atoms with Crippen LogP contribution in [0, 0.1) is 0 Å². The number of para-hydroxylation sites is 1. The summed E-state index contributed by atoms with van der Waals surface area (Å²) in [4.78, 5) is 18.0. The highest BCUT2D eigenvalue weighted by Crippen LogP contribution is 2.35. The largest absolute Gasteiger partial charge is 0.464 e. The average Bonchev–Trinajstić information content (AvgIpc) is 2.91. The van der Waals surface area contributed by atoms with Gasteiger partial charge >= 0.3 is 5.97 Å². The summed E-state index contributed by atoms with van der Waals surface area (Å²) >= 11 is 0. The zero-order valence-corrected chi connectivity index (χ0v) is 11.2. The van der Waals surface area contributed by atoms with Crippen molar-refractivity contribution in [3.05, 3.63) is 47.7 Å². The molecule has 2 N–H and O–H groups in total. The molecule has 0 bridgehead atoms. The average molecular weight is 269 g/mol. The van der Waals surface area contributed by atoms with Gasteiger partial charge in [0.1, 0.15) is 0 Å². The first kappa shape index (κ1) is 12.5. The summed E-state index contributed by atoms with van der Waals surface area (Å²) in [6.07, 6.45) is 0.944. The molecule has 2 aromatic rings. The standard InChI is InChI=1S/C15H15N3O2/c1-20-15(19)12-7-6-11(16)14(17-12)18-9-8-10-4-2-3-5-13(10)18/h2-7H,8-9,16H2,1H3. The van der Waals surface area contributed by atoms with Crippen molar-refractivity contribution in [1.82, 2.24) is 4.98 Å². The van der Waals surface area contributed by atoms with Crippen LogP contribution in [0.2, 0.25) is 0 Å². The highest BCUT2D eigenvalue weighted by Gasteiger charge is 2.23. The van der Waals surface area contributed by atoms with Crippen LogP contribution in [-0.4, -0.2) is 24.6 Å². The third-order valence-corrected chi connectivity index (χ3v) is 3.44. The van der Waals surface area contributed by atoms with Crippen molar-refractivity contribution >= 4 is 23.2 Å². The molecule has 2 heterocycles. The third kappa shape index (κ3) is 1.97. The van der Waals surface area contributed by atoms with Crippen LogP contribution in [0.1, 0.15) is 16.1 Å². The lowest BCUT2D eigenvalue weighted by molar-refractivity contribution is 0.0594. The van der Waals surface area contributed by atoms with E-state index >= 15 is 0 Å². The number of nitrogen functional groups attached to an aromatic ring is 1. The van der Waals surface area contributed by atoms with Crippen LogP contribution in [0.3, 0.4) is 0 Å². The number of rotatable bonds is 2. The number of benzene rings is 1. The summed E-state index contributed by atoms with van der Waals surface area (Å²) in [7, 11) is 1.34. The molecule has 102 valence electrons. The molecular formula is C15H15N3O2. The number of hydrogen-bond acceptors (Lipinski definition) is 5. The summed E-state index contributed by atoms with van der Waals surface area (Å²) in [6, 6.07) is 11.4. The monoisotopic (exact) mass is 269 g/mol. The number of carbonyl (C=O) groups excluding carboxylic acids is 1. The van der Waals surface area contributed by atoms with Gasteiger partial charge in [-0.3, -0.25) is 0 Å². The molecule has 0 atom stereocenters. The van der Waals surface area contributed by atoms with Gasteiger partial charge in [-0.25, -0.2) is 9.78 Å². The smallest absolute Gasteiger partial charge is 0.356 e. The van der Waals surface area contributed by atoms with E-state index in [1.807, 2.05) is 23.1 Å².